The van der Waals surface area contributed by atoms with Crippen LogP contribution in [0.1, 0.15) is 60.3 Å². The molecule has 0 saturated carbocycles. The van der Waals surface area contributed by atoms with Gasteiger partial charge in [0.25, 0.3) is 0 Å². The number of pyridine rings is 1. The predicted molar refractivity (Wildman–Crippen MR) is 132 cm³/mol. The van der Waals surface area contributed by atoms with E-state index in [-0.39, 0.29) is 23.7 Å². The van der Waals surface area contributed by atoms with Gasteiger partial charge in [-0.25, -0.2) is 4.39 Å². The van der Waals surface area contributed by atoms with Crippen molar-refractivity contribution in [2.24, 2.45) is 5.92 Å². The van der Waals surface area contributed by atoms with Crippen molar-refractivity contribution in [1.82, 2.24) is 15.6 Å². The van der Waals surface area contributed by atoms with Gasteiger partial charge in [-0.05, 0) is 60.1 Å². The van der Waals surface area contributed by atoms with Crippen LogP contribution in [-0.2, 0) is 17.4 Å². The van der Waals surface area contributed by atoms with Gasteiger partial charge in [0, 0.05) is 18.8 Å². The number of aromatic nitrogens is 1. The lowest BCUT2D eigenvalue weighted by Gasteiger charge is -2.27. The fraction of sp³-hybridized carbons (Fsp3) is 0.357. The van der Waals surface area contributed by atoms with E-state index in [1.807, 2.05) is 44.2 Å². The van der Waals surface area contributed by atoms with Crippen LogP contribution in [-0.4, -0.2) is 17.4 Å². The van der Waals surface area contributed by atoms with Crippen LogP contribution in [0, 0.1) is 18.7 Å². The van der Waals surface area contributed by atoms with Crippen LogP contribution in [0.5, 0.6) is 0 Å². The number of alkyl halides is 3. The van der Waals surface area contributed by atoms with Gasteiger partial charge >= 0.3 is 6.18 Å². The molecule has 0 aliphatic rings. The van der Waals surface area contributed by atoms with Gasteiger partial charge in [-0.1, -0.05) is 62.4 Å². The van der Waals surface area contributed by atoms with E-state index < -0.39 is 17.9 Å². The van der Waals surface area contributed by atoms with E-state index in [0.717, 1.165) is 17.2 Å². The van der Waals surface area contributed by atoms with Crippen molar-refractivity contribution in [3.8, 4) is 0 Å². The molecule has 0 aliphatic heterocycles. The molecule has 0 fully saturated rings. The van der Waals surface area contributed by atoms with Crippen LogP contribution < -0.4 is 10.6 Å². The van der Waals surface area contributed by atoms with Crippen LogP contribution in [0.25, 0.3) is 0 Å². The van der Waals surface area contributed by atoms with Crippen molar-refractivity contribution in [2.45, 2.75) is 51.9 Å². The smallest absolute Gasteiger partial charge is 0.354 e. The number of halogens is 4. The zero-order valence-electron chi connectivity index (χ0n) is 20.6. The second kappa shape index (κ2) is 12.1. The summed E-state index contributed by atoms with van der Waals surface area (Å²) in [6, 6.07) is 15.4. The summed E-state index contributed by atoms with van der Waals surface area (Å²) >= 11 is 0. The third-order valence-electron chi connectivity index (χ3n) is 5.87. The quantitative estimate of drug-likeness (QED) is 0.320. The molecule has 192 valence electrons. The summed E-state index contributed by atoms with van der Waals surface area (Å²) in [5.41, 5.74) is 1.72. The molecule has 3 aromatic rings. The highest BCUT2D eigenvalue weighted by Gasteiger charge is 2.32. The Balaban J connectivity index is 1.88. The van der Waals surface area contributed by atoms with Crippen LogP contribution in [0.3, 0.4) is 0 Å². The maximum atomic E-state index is 14.0. The average Bonchev–Trinajstić information content (AvgIpc) is 2.84. The molecule has 1 aromatic heterocycles. The molecule has 1 heterocycles. The molecule has 8 heteroatoms. The zero-order valence-corrected chi connectivity index (χ0v) is 20.6. The standard InChI is InChI=1S/C28H31F4N3O/c1-18(2)16-34-27(36)26(21-7-5-4-6-8-21)35-24(22-11-12-23(29)19(3)15-22)13-9-20-10-14-25(33-17-20)28(30,31)32/h4-8,10-12,14-15,17-18,24,26,35H,9,13,16H2,1-3H3,(H,34,36)/t24-,26-/m1/s1. The van der Waals surface area contributed by atoms with Gasteiger partial charge in [0.2, 0.25) is 5.91 Å². The van der Waals surface area contributed by atoms with Crippen LogP contribution in [0.15, 0.2) is 66.9 Å². The molecule has 0 unspecified atom stereocenters. The molecule has 2 atom stereocenters. The molecule has 2 aromatic carbocycles. The topological polar surface area (TPSA) is 54.0 Å². The summed E-state index contributed by atoms with van der Waals surface area (Å²) in [4.78, 5) is 16.7. The lowest BCUT2D eigenvalue weighted by atomic mass is 9.95. The zero-order chi connectivity index (χ0) is 26.3. The highest BCUT2D eigenvalue weighted by atomic mass is 19.4. The molecule has 0 radical (unpaired) electrons. The Hall–Kier alpha value is -3.26. The first-order chi connectivity index (χ1) is 17.0. The number of nitrogens with one attached hydrogen (secondary N) is 2. The first kappa shape index (κ1) is 27.3. The van der Waals surface area contributed by atoms with Crippen molar-refractivity contribution >= 4 is 5.91 Å². The van der Waals surface area contributed by atoms with E-state index in [2.05, 4.69) is 15.6 Å². The number of benzene rings is 2. The molecule has 0 aliphatic carbocycles. The first-order valence-electron chi connectivity index (χ1n) is 11.9. The van der Waals surface area contributed by atoms with Gasteiger partial charge in [0.15, 0.2) is 0 Å². The molecule has 3 rings (SSSR count). The number of carbonyl (C=O) groups is 1. The van der Waals surface area contributed by atoms with E-state index in [4.69, 9.17) is 0 Å². The lowest BCUT2D eigenvalue weighted by Crippen LogP contribution is -2.40. The summed E-state index contributed by atoms with van der Waals surface area (Å²) in [6.07, 6.45) is -2.41. The van der Waals surface area contributed by atoms with E-state index >= 15 is 0 Å². The normalized spacial score (nSPS) is 13.4. The number of nitrogens with zero attached hydrogens (tertiary/aromatic N) is 1. The van der Waals surface area contributed by atoms with Crippen LogP contribution >= 0.6 is 0 Å². The Morgan fingerprint density at radius 2 is 1.72 bits per heavy atom. The number of rotatable bonds is 10. The van der Waals surface area contributed by atoms with E-state index in [1.165, 1.54) is 18.3 Å². The number of hydrogen-bond acceptors (Lipinski definition) is 3. The van der Waals surface area contributed by atoms with E-state index in [0.29, 0.717) is 30.5 Å². The Kier molecular flexibility index (Phi) is 9.20. The Labute approximate surface area is 209 Å². The van der Waals surface area contributed by atoms with Gasteiger partial charge < -0.3 is 5.32 Å². The Morgan fingerprint density at radius 3 is 2.31 bits per heavy atom. The van der Waals surface area contributed by atoms with Crippen molar-refractivity contribution in [3.05, 3.63) is 101 Å². The summed E-state index contributed by atoms with van der Waals surface area (Å²) in [5, 5.41) is 6.40. The van der Waals surface area contributed by atoms with Gasteiger partial charge in [-0.3, -0.25) is 15.1 Å². The molecule has 0 saturated heterocycles. The molecule has 36 heavy (non-hydrogen) atoms. The molecular formula is C28H31F4N3O. The van der Waals surface area contributed by atoms with Crippen molar-refractivity contribution < 1.29 is 22.4 Å². The molecular weight excluding hydrogens is 470 g/mol. The van der Waals surface area contributed by atoms with E-state index in [9.17, 15) is 22.4 Å². The van der Waals surface area contributed by atoms with Crippen molar-refractivity contribution in [2.75, 3.05) is 6.54 Å². The van der Waals surface area contributed by atoms with Gasteiger partial charge in [0.1, 0.15) is 17.6 Å². The molecule has 0 spiro atoms. The summed E-state index contributed by atoms with van der Waals surface area (Å²) < 4.78 is 52.6. The fourth-order valence-electron chi connectivity index (χ4n) is 3.86. The number of carbonyl (C=O) groups excluding carboxylic acids is 1. The highest BCUT2D eigenvalue weighted by molar-refractivity contribution is 5.83. The average molecular weight is 502 g/mol. The first-order valence-corrected chi connectivity index (χ1v) is 11.9. The monoisotopic (exact) mass is 501 g/mol. The molecule has 1 amide bonds. The van der Waals surface area contributed by atoms with Crippen molar-refractivity contribution in [1.29, 1.82) is 0 Å². The van der Waals surface area contributed by atoms with Crippen LogP contribution in [0.4, 0.5) is 17.6 Å². The maximum absolute atomic E-state index is 14.0. The summed E-state index contributed by atoms with van der Waals surface area (Å²) in [7, 11) is 0. The maximum Gasteiger partial charge on any atom is 0.433 e. The molecule has 0 bridgehead atoms. The lowest BCUT2D eigenvalue weighted by molar-refractivity contribution is -0.141. The minimum atomic E-state index is -4.50. The Morgan fingerprint density at radius 1 is 1.00 bits per heavy atom. The number of aryl methyl sites for hydroxylation is 2. The fourth-order valence-corrected chi connectivity index (χ4v) is 3.86. The minimum absolute atomic E-state index is 0.185. The van der Waals surface area contributed by atoms with Gasteiger partial charge in [0.05, 0.1) is 0 Å². The summed E-state index contributed by atoms with van der Waals surface area (Å²) in [5.74, 6) is -0.248. The second-order valence-electron chi connectivity index (χ2n) is 9.30. The van der Waals surface area contributed by atoms with E-state index in [1.54, 1.807) is 19.1 Å². The third kappa shape index (κ3) is 7.62. The van der Waals surface area contributed by atoms with Crippen molar-refractivity contribution in [3.63, 3.8) is 0 Å². The SMILES string of the molecule is Cc1cc([C@@H](CCc2ccc(C(F)(F)F)nc2)N[C@@H](C(=O)NCC(C)C)c2ccccc2)ccc1F. The highest BCUT2D eigenvalue weighted by Crippen LogP contribution is 2.29. The Bertz CT molecular complexity index is 1130. The van der Waals surface area contributed by atoms with Crippen LogP contribution in [0.2, 0.25) is 0 Å². The van der Waals surface area contributed by atoms with Gasteiger partial charge in [-0.2, -0.15) is 13.2 Å². The van der Waals surface area contributed by atoms with Gasteiger partial charge in [-0.15, -0.1) is 0 Å². The third-order valence-corrected chi connectivity index (χ3v) is 5.87. The molecule has 4 nitrogen and oxygen atoms in total. The number of amides is 1. The second-order valence-corrected chi connectivity index (χ2v) is 9.30. The minimum Gasteiger partial charge on any atom is -0.354 e. The predicted octanol–water partition coefficient (Wildman–Crippen LogP) is 6.32. The molecule has 2 N–H and O–H groups in total. The number of hydrogen-bond donors (Lipinski definition) is 2. The summed E-state index contributed by atoms with van der Waals surface area (Å²) in [6.45, 7) is 6.20. The largest absolute Gasteiger partial charge is 0.433 e.